The Bertz CT molecular complexity index is 365. The van der Waals surface area contributed by atoms with Gasteiger partial charge >= 0.3 is 0 Å². The molecule has 1 heterocycles. The van der Waals surface area contributed by atoms with Gasteiger partial charge in [0.25, 0.3) is 0 Å². The lowest BCUT2D eigenvalue weighted by atomic mass is 10.00. The highest BCUT2D eigenvalue weighted by atomic mass is 16.5. The summed E-state index contributed by atoms with van der Waals surface area (Å²) in [5.41, 5.74) is 8.63. The van der Waals surface area contributed by atoms with Crippen molar-refractivity contribution < 1.29 is 4.74 Å². The minimum atomic E-state index is 0.467. The highest BCUT2D eigenvalue weighted by Crippen LogP contribution is 2.23. The summed E-state index contributed by atoms with van der Waals surface area (Å²) >= 11 is 0. The van der Waals surface area contributed by atoms with Gasteiger partial charge in [0.05, 0.1) is 7.11 Å². The van der Waals surface area contributed by atoms with Crippen LogP contribution in [-0.4, -0.2) is 38.2 Å². The van der Waals surface area contributed by atoms with Gasteiger partial charge in [-0.25, -0.2) is 0 Å². The highest BCUT2D eigenvalue weighted by molar-refractivity contribution is 5.37. The van der Waals surface area contributed by atoms with E-state index < -0.39 is 0 Å². The van der Waals surface area contributed by atoms with Crippen LogP contribution in [0.15, 0.2) is 18.2 Å². The van der Waals surface area contributed by atoms with Crippen molar-refractivity contribution in [3.05, 3.63) is 29.3 Å². The standard InChI is InChI=1S/C13H20N2O/c1-15-6-5-11-8-13(16-2)4-3-10(11)7-12(15)9-14/h3-4,8,12H,5-7,9,14H2,1-2H3. The Morgan fingerprint density at radius 1 is 1.44 bits per heavy atom. The quantitative estimate of drug-likeness (QED) is 0.809. The molecule has 0 bridgehead atoms. The van der Waals surface area contributed by atoms with Gasteiger partial charge in [0.1, 0.15) is 5.75 Å². The average Bonchev–Trinajstić information content (AvgIpc) is 2.48. The Kier molecular flexibility index (Phi) is 3.46. The molecule has 3 heteroatoms. The Morgan fingerprint density at radius 2 is 2.25 bits per heavy atom. The molecule has 0 amide bonds. The minimum absolute atomic E-state index is 0.467. The van der Waals surface area contributed by atoms with Gasteiger partial charge < -0.3 is 15.4 Å². The Labute approximate surface area is 97.2 Å². The molecule has 0 saturated heterocycles. The average molecular weight is 220 g/mol. The Balaban J connectivity index is 2.28. The molecule has 88 valence electrons. The fourth-order valence-electron chi connectivity index (χ4n) is 2.31. The van der Waals surface area contributed by atoms with Crippen LogP contribution in [0.5, 0.6) is 5.75 Å². The lowest BCUT2D eigenvalue weighted by Gasteiger charge is -2.23. The number of hydrogen-bond donors (Lipinski definition) is 1. The summed E-state index contributed by atoms with van der Waals surface area (Å²) in [4.78, 5) is 2.35. The molecular weight excluding hydrogens is 200 g/mol. The van der Waals surface area contributed by atoms with Gasteiger partial charge in [-0.15, -0.1) is 0 Å². The van der Waals surface area contributed by atoms with Crippen LogP contribution in [0.3, 0.4) is 0 Å². The maximum atomic E-state index is 5.81. The van der Waals surface area contributed by atoms with E-state index in [4.69, 9.17) is 10.5 Å². The van der Waals surface area contributed by atoms with E-state index in [1.807, 2.05) is 6.07 Å². The summed E-state index contributed by atoms with van der Waals surface area (Å²) in [5.74, 6) is 0.951. The van der Waals surface area contributed by atoms with Gasteiger partial charge in [-0.2, -0.15) is 0 Å². The van der Waals surface area contributed by atoms with Crippen LogP contribution < -0.4 is 10.5 Å². The number of methoxy groups -OCH3 is 1. The normalized spacial score (nSPS) is 21.3. The summed E-state index contributed by atoms with van der Waals surface area (Å²) < 4.78 is 5.26. The molecule has 1 atom stereocenters. The SMILES string of the molecule is COc1ccc2c(c1)CCN(C)C(CN)C2. The van der Waals surface area contributed by atoms with E-state index in [-0.39, 0.29) is 0 Å². The molecule has 0 radical (unpaired) electrons. The molecule has 2 N–H and O–H groups in total. The third kappa shape index (κ3) is 2.20. The molecule has 1 aromatic carbocycles. The first-order chi connectivity index (χ1) is 7.74. The van der Waals surface area contributed by atoms with Crippen LogP contribution in [0.25, 0.3) is 0 Å². The smallest absolute Gasteiger partial charge is 0.119 e. The van der Waals surface area contributed by atoms with Crippen molar-refractivity contribution in [3.8, 4) is 5.75 Å². The van der Waals surface area contributed by atoms with Crippen LogP contribution in [-0.2, 0) is 12.8 Å². The zero-order chi connectivity index (χ0) is 11.5. The molecule has 0 saturated carbocycles. The van der Waals surface area contributed by atoms with Gasteiger partial charge in [0, 0.05) is 19.1 Å². The minimum Gasteiger partial charge on any atom is -0.497 e. The number of hydrogen-bond acceptors (Lipinski definition) is 3. The van der Waals surface area contributed by atoms with Crippen molar-refractivity contribution in [2.75, 3.05) is 27.2 Å². The molecule has 2 rings (SSSR count). The molecule has 1 unspecified atom stereocenters. The maximum absolute atomic E-state index is 5.81. The Morgan fingerprint density at radius 3 is 2.94 bits per heavy atom. The molecule has 0 spiro atoms. The monoisotopic (exact) mass is 220 g/mol. The number of benzene rings is 1. The van der Waals surface area contributed by atoms with E-state index in [9.17, 15) is 0 Å². The van der Waals surface area contributed by atoms with Gasteiger partial charge in [-0.1, -0.05) is 6.07 Å². The predicted molar refractivity (Wildman–Crippen MR) is 65.9 cm³/mol. The summed E-state index contributed by atoms with van der Waals surface area (Å²) in [5, 5.41) is 0. The van der Waals surface area contributed by atoms with Crippen molar-refractivity contribution in [1.82, 2.24) is 4.90 Å². The van der Waals surface area contributed by atoms with Crippen molar-refractivity contribution in [2.45, 2.75) is 18.9 Å². The number of likely N-dealkylation sites (N-methyl/N-ethyl adjacent to an activating group) is 1. The number of nitrogens with zero attached hydrogens (tertiary/aromatic N) is 1. The second kappa shape index (κ2) is 4.85. The highest BCUT2D eigenvalue weighted by Gasteiger charge is 2.19. The zero-order valence-corrected chi connectivity index (χ0v) is 10.1. The number of ether oxygens (including phenoxy) is 1. The molecule has 16 heavy (non-hydrogen) atoms. The fraction of sp³-hybridized carbons (Fsp3) is 0.538. The summed E-state index contributed by atoms with van der Waals surface area (Å²) in [6.07, 6.45) is 2.13. The second-order valence-corrected chi connectivity index (χ2v) is 4.46. The van der Waals surface area contributed by atoms with Gasteiger partial charge in [-0.3, -0.25) is 0 Å². The predicted octanol–water partition coefficient (Wildman–Crippen LogP) is 1.05. The number of fused-ring (bicyclic) bond motifs is 1. The van der Waals surface area contributed by atoms with Crippen LogP contribution in [0, 0.1) is 0 Å². The molecule has 0 aliphatic carbocycles. The van der Waals surface area contributed by atoms with E-state index >= 15 is 0 Å². The zero-order valence-electron chi connectivity index (χ0n) is 10.1. The van der Waals surface area contributed by atoms with Gasteiger partial charge in [0.2, 0.25) is 0 Å². The third-order valence-corrected chi connectivity index (χ3v) is 3.50. The van der Waals surface area contributed by atoms with Gasteiger partial charge in [0.15, 0.2) is 0 Å². The van der Waals surface area contributed by atoms with E-state index in [0.717, 1.165) is 31.7 Å². The summed E-state index contributed by atoms with van der Waals surface area (Å²) in [7, 11) is 3.87. The van der Waals surface area contributed by atoms with E-state index in [0.29, 0.717) is 6.04 Å². The van der Waals surface area contributed by atoms with Crippen molar-refractivity contribution in [1.29, 1.82) is 0 Å². The first-order valence-electron chi connectivity index (χ1n) is 5.80. The van der Waals surface area contributed by atoms with Crippen LogP contribution in [0.4, 0.5) is 0 Å². The van der Waals surface area contributed by atoms with Crippen molar-refractivity contribution in [2.24, 2.45) is 5.73 Å². The summed E-state index contributed by atoms with van der Waals surface area (Å²) in [6.45, 7) is 1.80. The number of rotatable bonds is 2. The molecular formula is C13H20N2O. The van der Waals surface area contributed by atoms with Crippen LogP contribution in [0.2, 0.25) is 0 Å². The van der Waals surface area contributed by atoms with Crippen LogP contribution in [0.1, 0.15) is 11.1 Å². The van der Waals surface area contributed by atoms with E-state index in [1.54, 1.807) is 7.11 Å². The Hall–Kier alpha value is -1.06. The largest absolute Gasteiger partial charge is 0.497 e. The topological polar surface area (TPSA) is 38.5 Å². The summed E-state index contributed by atoms with van der Waals surface area (Å²) in [6, 6.07) is 6.84. The first-order valence-corrected chi connectivity index (χ1v) is 5.80. The van der Waals surface area contributed by atoms with Crippen molar-refractivity contribution >= 4 is 0 Å². The van der Waals surface area contributed by atoms with Crippen LogP contribution >= 0.6 is 0 Å². The molecule has 1 aliphatic rings. The molecule has 0 aromatic heterocycles. The lowest BCUT2D eigenvalue weighted by molar-refractivity contribution is 0.256. The number of nitrogens with two attached hydrogens (primary N) is 1. The van der Waals surface area contributed by atoms with E-state index in [1.165, 1.54) is 11.1 Å². The van der Waals surface area contributed by atoms with Gasteiger partial charge in [-0.05, 0) is 43.1 Å². The maximum Gasteiger partial charge on any atom is 0.119 e. The second-order valence-electron chi connectivity index (χ2n) is 4.46. The molecule has 0 fully saturated rings. The molecule has 1 aliphatic heterocycles. The van der Waals surface area contributed by atoms with E-state index in [2.05, 4.69) is 24.1 Å². The lowest BCUT2D eigenvalue weighted by Crippen LogP contribution is -2.39. The third-order valence-electron chi connectivity index (χ3n) is 3.50. The molecule has 3 nitrogen and oxygen atoms in total. The van der Waals surface area contributed by atoms with Crippen molar-refractivity contribution in [3.63, 3.8) is 0 Å². The molecule has 1 aromatic rings. The fourth-order valence-corrected chi connectivity index (χ4v) is 2.31. The first kappa shape index (κ1) is 11.4.